The third-order valence-electron chi connectivity index (χ3n) is 4.88. The van der Waals surface area contributed by atoms with Gasteiger partial charge in [-0.3, -0.25) is 4.79 Å². The van der Waals surface area contributed by atoms with E-state index in [0.717, 1.165) is 35.6 Å². The summed E-state index contributed by atoms with van der Waals surface area (Å²) in [6.45, 7) is 8.39. The number of nitrogens with two attached hydrogens (primary N) is 1. The van der Waals surface area contributed by atoms with Crippen molar-refractivity contribution in [2.24, 2.45) is 11.1 Å². The van der Waals surface area contributed by atoms with E-state index in [0.29, 0.717) is 6.54 Å². The highest BCUT2D eigenvalue weighted by atomic mass is 16.2. The molecule has 3 N–H and O–H groups in total. The molecule has 0 saturated heterocycles. The van der Waals surface area contributed by atoms with Crippen molar-refractivity contribution < 1.29 is 4.79 Å². The van der Waals surface area contributed by atoms with Crippen molar-refractivity contribution in [3.05, 3.63) is 42.0 Å². The van der Waals surface area contributed by atoms with Crippen molar-refractivity contribution in [2.75, 3.05) is 11.9 Å². The van der Waals surface area contributed by atoms with E-state index >= 15 is 0 Å². The summed E-state index contributed by atoms with van der Waals surface area (Å²) in [4.78, 5) is 16.8. The van der Waals surface area contributed by atoms with Gasteiger partial charge in [-0.25, -0.2) is 4.98 Å². The largest absolute Gasteiger partial charge is 0.329 e. The fraction of sp³-hybridized carbons (Fsp3) is 0.444. The van der Waals surface area contributed by atoms with Crippen molar-refractivity contribution >= 4 is 11.6 Å². The van der Waals surface area contributed by atoms with Crippen LogP contribution in [0.5, 0.6) is 0 Å². The number of nitrogens with one attached hydrogen (secondary N) is 1. The predicted molar refractivity (Wildman–Crippen MR) is 93.7 cm³/mol. The zero-order chi connectivity index (χ0) is 17.0. The monoisotopic (exact) mass is 314 g/mol. The smallest absolute Gasteiger partial charge is 0.231 e. The van der Waals surface area contributed by atoms with Crippen LogP contribution in [0.2, 0.25) is 0 Å². The Hall–Kier alpha value is -2.14. The molecule has 0 bridgehead atoms. The quantitative estimate of drug-likeness (QED) is 0.860. The highest BCUT2D eigenvalue weighted by Gasteiger charge is 2.33. The highest BCUT2D eigenvalue weighted by Crippen LogP contribution is 2.27. The third-order valence-corrected chi connectivity index (χ3v) is 4.88. The van der Waals surface area contributed by atoms with Crippen LogP contribution >= 0.6 is 0 Å². The number of rotatable bonds is 6. The summed E-state index contributed by atoms with van der Waals surface area (Å²) >= 11 is 0. The van der Waals surface area contributed by atoms with Gasteiger partial charge in [0.25, 0.3) is 0 Å². The summed E-state index contributed by atoms with van der Waals surface area (Å²) in [5.74, 6) is -0.00703. The van der Waals surface area contributed by atoms with Gasteiger partial charge in [-0.2, -0.15) is 0 Å². The molecule has 1 aromatic carbocycles. The molecule has 0 saturated carbocycles. The third kappa shape index (κ3) is 3.29. The minimum absolute atomic E-state index is 0.00703. The second-order valence-electron chi connectivity index (χ2n) is 5.98. The van der Waals surface area contributed by atoms with E-state index in [4.69, 9.17) is 5.73 Å². The van der Waals surface area contributed by atoms with E-state index in [-0.39, 0.29) is 5.91 Å². The van der Waals surface area contributed by atoms with E-state index in [2.05, 4.69) is 10.3 Å². The van der Waals surface area contributed by atoms with E-state index in [9.17, 15) is 4.79 Å². The lowest BCUT2D eigenvalue weighted by Gasteiger charge is -2.28. The molecule has 0 aliphatic rings. The molecule has 1 aromatic heterocycles. The van der Waals surface area contributed by atoms with Crippen LogP contribution in [0.25, 0.3) is 5.69 Å². The minimum atomic E-state index is -0.489. The van der Waals surface area contributed by atoms with Crippen molar-refractivity contribution in [3.8, 4) is 5.69 Å². The highest BCUT2D eigenvalue weighted by molar-refractivity contribution is 5.95. The number of aromatic nitrogens is 2. The Bertz CT molecular complexity index is 661. The van der Waals surface area contributed by atoms with Gasteiger partial charge in [0.2, 0.25) is 5.91 Å². The lowest BCUT2D eigenvalue weighted by Crippen LogP contribution is -2.41. The molecule has 0 radical (unpaired) electrons. The molecule has 1 heterocycles. The normalized spacial score (nSPS) is 11.5. The molecular formula is C18H26N4O. The second-order valence-corrected chi connectivity index (χ2v) is 5.98. The lowest BCUT2D eigenvalue weighted by molar-refractivity contribution is -0.125. The number of hydrogen-bond acceptors (Lipinski definition) is 3. The van der Waals surface area contributed by atoms with Crippen LogP contribution in [0.1, 0.15) is 38.1 Å². The number of hydrogen-bond donors (Lipinski definition) is 2. The number of aryl methyl sites for hydroxylation is 1. The number of anilines is 1. The molecule has 0 spiro atoms. The molecular weight excluding hydrogens is 288 g/mol. The van der Waals surface area contributed by atoms with Crippen LogP contribution in [-0.2, 0) is 4.79 Å². The molecule has 0 unspecified atom stereocenters. The summed E-state index contributed by atoms with van der Waals surface area (Å²) in [5, 5.41) is 2.99. The average molecular weight is 314 g/mol. The maximum absolute atomic E-state index is 12.5. The van der Waals surface area contributed by atoms with Gasteiger partial charge in [-0.15, -0.1) is 0 Å². The van der Waals surface area contributed by atoms with Crippen LogP contribution in [-0.4, -0.2) is 22.0 Å². The number of benzene rings is 1. The number of nitrogens with zero attached hydrogens (tertiary/aromatic N) is 2. The molecule has 5 nitrogen and oxygen atoms in total. The van der Waals surface area contributed by atoms with Crippen LogP contribution < -0.4 is 11.1 Å². The molecule has 5 heteroatoms. The molecule has 124 valence electrons. The zero-order valence-corrected chi connectivity index (χ0v) is 14.4. The van der Waals surface area contributed by atoms with Crippen LogP contribution in [0, 0.1) is 19.3 Å². The van der Waals surface area contributed by atoms with Gasteiger partial charge in [-0.05, 0) is 51.0 Å². The Morgan fingerprint density at radius 2 is 1.83 bits per heavy atom. The van der Waals surface area contributed by atoms with Crippen molar-refractivity contribution in [3.63, 3.8) is 0 Å². The Morgan fingerprint density at radius 1 is 1.22 bits per heavy atom. The van der Waals surface area contributed by atoms with Crippen molar-refractivity contribution in [2.45, 2.75) is 40.5 Å². The Kier molecular flexibility index (Phi) is 5.21. The first-order chi connectivity index (χ1) is 11.0. The van der Waals surface area contributed by atoms with E-state index in [1.54, 1.807) is 0 Å². The first kappa shape index (κ1) is 17.2. The van der Waals surface area contributed by atoms with Gasteiger partial charge in [0, 0.05) is 23.6 Å². The van der Waals surface area contributed by atoms with Gasteiger partial charge >= 0.3 is 0 Å². The van der Waals surface area contributed by atoms with Crippen LogP contribution in [0.3, 0.4) is 0 Å². The summed E-state index contributed by atoms with van der Waals surface area (Å²) in [6.07, 6.45) is 3.28. The fourth-order valence-electron chi connectivity index (χ4n) is 2.68. The van der Waals surface area contributed by atoms with Gasteiger partial charge < -0.3 is 15.6 Å². The fourth-order valence-corrected chi connectivity index (χ4v) is 2.68. The van der Waals surface area contributed by atoms with E-state index in [1.165, 1.54) is 0 Å². The number of imidazole rings is 1. The molecule has 2 rings (SSSR count). The summed E-state index contributed by atoms with van der Waals surface area (Å²) in [7, 11) is 0. The SMILES string of the molecule is CCC(CC)(CN)C(=O)Nc1ccc(-n2cnc(C)c2C)cc1. The summed E-state index contributed by atoms with van der Waals surface area (Å²) in [5.41, 5.74) is 9.28. The second kappa shape index (κ2) is 6.96. The minimum Gasteiger partial charge on any atom is -0.329 e. The van der Waals surface area contributed by atoms with E-state index in [1.807, 2.05) is 62.9 Å². The Balaban J connectivity index is 2.17. The molecule has 1 amide bonds. The molecule has 0 aliphatic carbocycles. The molecule has 23 heavy (non-hydrogen) atoms. The van der Waals surface area contributed by atoms with Crippen LogP contribution in [0.4, 0.5) is 5.69 Å². The van der Waals surface area contributed by atoms with Crippen molar-refractivity contribution in [1.29, 1.82) is 0 Å². The van der Waals surface area contributed by atoms with Gasteiger partial charge in [-0.1, -0.05) is 13.8 Å². The maximum Gasteiger partial charge on any atom is 0.231 e. The molecule has 0 aliphatic heterocycles. The molecule has 2 aromatic rings. The lowest BCUT2D eigenvalue weighted by atomic mass is 9.81. The average Bonchev–Trinajstić information content (AvgIpc) is 2.90. The Labute approximate surface area is 137 Å². The first-order valence-electron chi connectivity index (χ1n) is 8.10. The van der Waals surface area contributed by atoms with E-state index < -0.39 is 5.41 Å². The zero-order valence-electron chi connectivity index (χ0n) is 14.4. The molecule has 0 atom stereocenters. The molecule has 0 fully saturated rings. The van der Waals surface area contributed by atoms with Gasteiger partial charge in [0.1, 0.15) is 0 Å². The standard InChI is InChI=1S/C18H26N4O/c1-5-18(6-2,11-19)17(23)21-15-7-9-16(10-8-15)22-12-20-13(3)14(22)4/h7-10,12H,5-6,11,19H2,1-4H3,(H,21,23). The topological polar surface area (TPSA) is 72.9 Å². The number of amides is 1. The number of carbonyl (C=O) groups is 1. The summed E-state index contributed by atoms with van der Waals surface area (Å²) in [6, 6.07) is 7.78. The number of carbonyl (C=O) groups excluding carboxylic acids is 1. The predicted octanol–water partition coefficient (Wildman–Crippen LogP) is 3.19. The van der Waals surface area contributed by atoms with Crippen LogP contribution in [0.15, 0.2) is 30.6 Å². The Morgan fingerprint density at radius 3 is 2.26 bits per heavy atom. The first-order valence-corrected chi connectivity index (χ1v) is 8.10. The maximum atomic E-state index is 12.5. The van der Waals surface area contributed by atoms with Gasteiger partial charge in [0.15, 0.2) is 0 Å². The van der Waals surface area contributed by atoms with Gasteiger partial charge in [0.05, 0.1) is 17.4 Å². The summed E-state index contributed by atoms with van der Waals surface area (Å²) < 4.78 is 2.03. The van der Waals surface area contributed by atoms with Crippen molar-refractivity contribution in [1.82, 2.24) is 9.55 Å².